The van der Waals surface area contributed by atoms with Crippen LogP contribution in [0.3, 0.4) is 0 Å². The Bertz CT molecular complexity index is 399. The van der Waals surface area contributed by atoms with Crippen molar-refractivity contribution in [3.8, 4) is 5.75 Å². The van der Waals surface area contributed by atoms with E-state index in [1.54, 1.807) is 37.5 Å². The first-order chi connectivity index (χ1) is 6.89. The summed E-state index contributed by atoms with van der Waals surface area (Å²) in [6, 6.07) is 6.63. The summed E-state index contributed by atoms with van der Waals surface area (Å²) in [4.78, 5) is 0. The average molecular weight is 265 g/mol. The number of benzene rings is 1. The SMILES string of the molecule is C=P(Cl)(Cl)N(C)/N=C/c1ccc(O)cc1. The van der Waals surface area contributed by atoms with Crippen LogP contribution in [-0.2, 0) is 0 Å². The van der Waals surface area contributed by atoms with Crippen molar-refractivity contribution in [3.05, 3.63) is 29.8 Å². The van der Waals surface area contributed by atoms with Crippen LogP contribution in [0.25, 0.3) is 0 Å². The first-order valence-corrected chi connectivity index (χ1v) is 7.83. The zero-order valence-corrected chi connectivity index (χ0v) is 10.5. The number of halogens is 2. The molecule has 0 aromatic heterocycles. The largest absolute Gasteiger partial charge is 0.508 e. The normalized spacial score (nSPS) is 11.9. The molecule has 0 aliphatic carbocycles. The lowest BCUT2D eigenvalue weighted by Crippen LogP contribution is -2.01. The van der Waals surface area contributed by atoms with E-state index in [4.69, 9.17) is 27.6 Å². The van der Waals surface area contributed by atoms with Gasteiger partial charge in [-0.25, -0.2) is 0 Å². The number of phenols is 1. The highest BCUT2D eigenvalue weighted by molar-refractivity contribution is 8.13. The lowest BCUT2D eigenvalue weighted by molar-refractivity contribution is 0.475. The number of phenolic OH excluding ortho intramolecular Hbond substituents is 1. The molecule has 0 atom stereocenters. The summed E-state index contributed by atoms with van der Waals surface area (Å²) >= 11 is 11.6. The molecule has 0 saturated heterocycles. The van der Waals surface area contributed by atoms with E-state index < -0.39 is 5.74 Å². The van der Waals surface area contributed by atoms with Gasteiger partial charge in [0.15, 0.2) is 5.74 Å². The highest BCUT2D eigenvalue weighted by Crippen LogP contribution is 2.58. The summed E-state index contributed by atoms with van der Waals surface area (Å²) in [7, 11) is 1.66. The molecule has 82 valence electrons. The van der Waals surface area contributed by atoms with Gasteiger partial charge in [0, 0.05) is 7.05 Å². The van der Waals surface area contributed by atoms with E-state index >= 15 is 0 Å². The van der Waals surface area contributed by atoms with Crippen molar-refractivity contribution in [3.63, 3.8) is 0 Å². The van der Waals surface area contributed by atoms with Gasteiger partial charge in [0.2, 0.25) is 0 Å². The van der Waals surface area contributed by atoms with Crippen molar-refractivity contribution in [2.24, 2.45) is 5.10 Å². The Kier molecular flexibility index (Phi) is 4.09. The fourth-order valence-corrected chi connectivity index (χ4v) is 1.22. The second-order valence-electron chi connectivity index (χ2n) is 2.92. The van der Waals surface area contributed by atoms with E-state index in [9.17, 15) is 0 Å². The third kappa shape index (κ3) is 4.17. The minimum Gasteiger partial charge on any atom is -0.508 e. The Labute approximate surface area is 98.5 Å². The molecule has 1 aromatic carbocycles. The molecule has 1 rings (SSSR count). The molecule has 0 aliphatic rings. The average Bonchev–Trinajstić information content (AvgIpc) is 2.15. The van der Waals surface area contributed by atoms with Gasteiger partial charge in [-0.1, -0.05) is 28.8 Å². The monoisotopic (exact) mass is 264 g/mol. The number of nitrogens with zero attached hydrogens (tertiary/aromatic N) is 2. The maximum Gasteiger partial charge on any atom is 0.153 e. The standard InChI is InChI=1S/C9H11Cl2N2OP/c1-13(15(2,10)11)12-7-8-3-5-9(14)6-4-8/h3-7,14H,2H2,1H3/b12-7+. The molecule has 0 saturated carbocycles. The van der Waals surface area contributed by atoms with Crippen molar-refractivity contribution >= 4 is 40.7 Å². The van der Waals surface area contributed by atoms with Crippen molar-refractivity contribution in [1.29, 1.82) is 0 Å². The molecule has 0 fully saturated rings. The Morgan fingerprint density at radius 2 is 1.93 bits per heavy atom. The van der Waals surface area contributed by atoms with Gasteiger partial charge in [-0.15, -0.1) is 0 Å². The number of rotatable bonds is 3. The zero-order valence-electron chi connectivity index (χ0n) is 8.14. The minimum atomic E-state index is -2.37. The molecule has 0 aliphatic heterocycles. The van der Waals surface area contributed by atoms with E-state index in [1.807, 2.05) is 0 Å². The molecule has 0 amide bonds. The second-order valence-corrected chi connectivity index (χ2v) is 8.57. The van der Waals surface area contributed by atoms with Crippen LogP contribution in [0.15, 0.2) is 29.4 Å². The van der Waals surface area contributed by atoms with Gasteiger partial charge >= 0.3 is 0 Å². The highest BCUT2D eigenvalue weighted by Gasteiger charge is 2.09. The molecule has 0 bridgehead atoms. The van der Waals surface area contributed by atoms with Gasteiger partial charge in [0.25, 0.3) is 0 Å². The van der Waals surface area contributed by atoms with E-state index in [1.165, 1.54) is 4.78 Å². The summed E-state index contributed by atoms with van der Waals surface area (Å²) in [5, 5.41) is 13.1. The van der Waals surface area contributed by atoms with Gasteiger partial charge < -0.3 is 5.11 Å². The smallest absolute Gasteiger partial charge is 0.153 e. The first-order valence-electron chi connectivity index (χ1n) is 4.09. The van der Waals surface area contributed by atoms with Gasteiger partial charge in [-0.3, -0.25) is 4.78 Å². The Hall–Kier alpha value is -0.630. The Morgan fingerprint density at radius 3 is 2.40 bits per heavy atom. The fraction of sp³-hybridized carbons (Fsp3) is 0.111. The molecule has 0 heterocycles. The van der Waals surface area contributed by atoms with Crippen molar-refractivity contribution < 1.29 is 5.11 Å². The van der Waals surface area contributed by atoms with Crippen LogP contribution in [0.4, 0.5) is 0 Å². The maximum absolute atomic E-state index is 9.06. The second kappa shape index (κ2) is 4.93. The van der Waals surface area contributed by atoms with Gasteiger partial charge in [0.05, 0.1) is 6.21 Å². The van der Waals surface area contributed by atoms with Gasteiger partial charge in [-0.2, -0.15) is 5.10 Å². The Morgan fingerprint density at radius 1 is 1.40 bits per heavy atom. The van der Waals surface area contributed by atoms with Crippen LogP contribution in [0.2, 0.25) is 0 Å². The summed E-state index contributed by atoms with van der Waals surface area (Å²) in [6.07, 6.45) is 5.21. The van der Waals surface area contributed by atoms with Gasteiger partial charge in [-0.05, 0) is 29.8 Å². The Balaban J connectivity index is 2.74. The van der Waals surface area contributed by atoms with Crippen LogP contribution in [0.1, 0.15) is 5.56 Å². The fourth-order valence-electron chi connectivity index (χ4n) is 0.786. The highest BCUT2D eigenvalue weighted by atomic mass is 35.9. The number of hydrogen-bond acceptors (Lipinski definition) is 3. The van der Waals surface area contributed by atoms with Crippen LogP contribution >= 0.6 is 28.2 Å². The molecule has 6 heteroatoms. The van der Waals surface area contributed by atoms with Crippen molar-refractivity contribution in [2.75, 3.05) is 7.05 Å². The van der Waals surface area contributed by atoms with Crippen LogP contribution in [0.5, 0.6) is 5.75 Å². The van der Waals surface area contributed by atoms with E-state index in [0.717, 1.165) is 5.56 Å². The first kappa shape index (κ1) is 12.4. The van der Waals surface area contributed by atoms with E-state index in [-0.39, 0.29) is 5.75 Å². The molecule has 0 unspecified atom stereocenters. The summed E-state index contributed by atoms with van der Waals surface area (Å²) in [5.41, 5.74) is 0.849. The number of hydrogen-bond donors (Lipinski definition) is 1. The van der Waals surface area contributed by atoms with Crippen LogP contribution in [0, 0.1) is 0 Å². The number of hydrazone groups is 1. The quantitative estimate of drug-likeness (QED) is 0.517. The van der Waals surface area contributed by atoms with E-state index in [2.05, 4.69) is 11.4 Å². The molecule has 15 heavy (non-hydrogen) atoms. The van der Waals surface area contributed by atoms with Crippen molar-refractivity contribution in [1.82, 2.24) is 4.78 Å². The maximum atomic E-state index is 9.06. The predicted molar refractivity (Wildman–Crippen MR) is 69.2 cm³/mol. The third-order valence-corrected chi connectivity index (χ3v) is 3.95. The lowest BCUT2D eigenvalue weighted by atomic mass is 10.2. The zero-order chi connectivity index (χ0) is 11.5. The summed E-state index contributed by atoms with van der Waals surface area (Å²) < 4.78 is 1.43. The van der Waals surface area contributed by atoms with Crippen LogP contribution in [-0.4, -0.2) is 29.4 Å². The third-order valence-electron chi connectivity index (χ3n) is 1.69. The molecular formula is C9H11Cl2N2OP. The van der Waals surface area contributed by atoms with Crippen LogP contribution < -0.4 is 0 Å². The molecular weight excluding hydrogens is 254 g/mol. The van der Waals surface area contributed by atoms with Gasteiger partial charge in [0.1, 0.15) is 5.75 Å². The summed E-state index contributed by atoms with van der Waals surface area (Å²) in [6.45, 7) is 0. The van der Waals surface area contributed by atoms with Crippen molar-refractivity contribution in [2.45, 2.75) is 0 Å². The molecule has 3 nitrogen and oxygen atoms in total. The van der Waals surface area contributed by atoms with E-state index in [0.29, 0.717) is 0 Å². The molecule has 1 aromatic rings. The molecule has 1 N–H and O–H groups in total. The lowest BCUT2D eigenvalue weighted by Gasteiger charge is -2.18. The topological polar surface area (TPSA) is 35.8 Å². The minimum absolute atomic E-state index is 0.217. The number of aromatic hydroxyl groups is 1. The molecule has 0 radical (unpaired) electrons. The molecule has 0 spiro atoms. The summed E-state index contributed by atoms with van der Waals surface area (Å²) in [5.74, 6) is -2.16. The predicted octanol–water partition coefficient (Wildman–Crippen LogP) is 3.33.